The molecule has 0 aliphatic rings. The van der Waals surface area contributed by atoms with Gasteiger partial charge in [-0.2, -0.15) is 0 Å². The summed E-state index contributed by atoms with van der Waals surface area (Å²) in [5, 5.41) is 24.4. The summed E-state index contributed by atoms with van der Waals surface area (Å²) in [5.41, 5.74) is 1.18. The summed E-state index contributed by atoms with van der Waals surface area (Å²) in [6.07, 6.45) is -1.10. The number of hydrogen-bond acceptors (Lipinski definition) is 5. The molecule has 2 rings (SSSR count). The number of rotatable bonds is 5. The van der Waals surface area contributed by atoms with E-state index in [1.807, 2.05) is 0 Å². The fourth-order valence-electron chi connectivity index (χ4n) is 1.97. The van der Waals surface area contributed by atoms with Gasteiger partial charge in [0.15, 0.2) is 0 Å². The molecule has 0 aromatic heterocycles. The number of aliphatic hydroxyl groups is 1. The molecular weight excluding hydrogens is 270 g/mol. The van der Waals surface area contributed by atoms with Gasteiger partial charge in [-0.3, -0.25) is 0 Å². The number of aliphatic hydroxyl groups excluding tert-OH is 1. The molecule has 0 aliphatic carbocycles. The highest BCUT2D eigenvalue weighted by Crippen LogP contribution is 2.23. The van der Waals surface area contributed by atoms with Crippen molar-refractivity contribution < 1.29 is 14.6 Å². The van der Waals surface area contributed by atoms with Crippen molar-refractivity contribution in [3.8, 4) is 11.5 Å². The Hall–Kier alpha value is -2.53. The lowest BCUT2D eigenvalue weighted by Gasteiger charge is -2.17. The monoisotopic (exact) mass is 286 g/mol. The van der Waals surface area contributed by atoms with Crippen LogP contribution in [0.2, 0.25) is 0 Å². The molecule has 0 heterocycles. The third-order valence-electron chi connectivity index (χ3n) is 3.17. The normalized spacial score (nSPS) is 12.8. The Morgan fingerprint density at radius 2 is 1.43 bits per heavy atom. The van der Waals surface area contributed by atoms with E-state index in [1.165, 1.54) is 0 Å². The second-order valence-electron chi connectivity index (χ2n) is 4.38. The lowest BCUT2D eigenvalue weighted by Crippen LogP contribution is -2.13. The fourth-order valence-corrected chi connectivity index (χ4v) is 1.97. The molecule has 2 aromatic rings. The third-order valence-corrected chi connectivity index (χ3v) is 3.17. The number of hydrogen-bond donors (Lipinski definition) is 1. The van der Waals surface area contributed by atoms with Gasteiger partial charge in [0.1, 0.15) is 17.6 Å². The smallest absolute Gasteiger partial charge is 0.121 e. The summed E-state index contributed by atoms with van der Waals surface area (Å²) >= 11 is 0. The van der Waals surface area contributed by atoms with Crippen molar-refractivity contribution in [2.24, 2.45) is 5.16 Å². The van der Waals surface area contributed by atoms with E-state index in [4.69, 9.17) is 9.47 Å². The number of benzene rings is 2. The van der Waals surface area contributed by atoms with Crippen LogP contribution in [0.5, 0.6) is 11.5 Å². The number of ether oxygens (including phenoxy) is 2. The summed E-state index contributed by atoms with van der Waals surface area (Å²) in [6.45, 7) is 0. The van der Waals surface area contributed by atoms with Crippen LogP contribution in [-0.4, -0.2) is 25.0 Å². The maximum Gasteiger partial charge on any atom is 0.121 e. The van der Waals surface area contributed by atoms with E-state index in [2.05, 4.69) is 5.16 Å². The summed E-state index contributed by atoms with van der Waals surface area (Å²) < 4.78 is 10.1. The highest BCUT2D eigenvalue weighted by Gasteiger charge is 2.16. The molecule has 0 bridgehead atoms. The summed E-state index contributed by atoms with van der Waals surface area (Å²) in [5.74, 6) is 1.35. The van der Waals surface area contributed by atoms with Crippen molar-refractivity contribution in [1.82, 2.24) is 0 Å². The molecule has 1 unspecified atom stereocenters. The zero-order valence-electron chi connectivity index (χ0n) is 11.8. The molecule has 0 saturated carbocycles. The van der Waals surface area contributed by atoms with Crippen LogP contribution in [-0.2, 0) is 0 Å². The average Bonchev–Trinajstić information content (AvgIpc) is 2.56. The first-order valence-electron chi connectivity index (χ1n) is 6.36. The zero-order valence-corrected chi connectivity index (χ0v) is 11.8. The largest absolute Gasteiger partial charge is 0.792 e. The van der Waals surface area contributed by atoms with Crippen LogP contribution in [0.3, 0.4) is 0 Å². The molecular formula is C16H16NO4-. The van der Waals surface area contributed by atoms with Gasteiger partial charge < -0.3 is 24.9 Å². The van der Waals surface area contributed by atoms with E-state index in [0.717, 1.165) is 0 Å². The van der Waals surface area contributed by atoms with E-state index in [9.17, 15) is 10.3 Å². The highest BCUT2D eigenvalue weighted by atomic mass is 16.5. The molecule has 0 saturated heterocycles. The summed E-state index contributed by atoms with van der Waals surface area (Å²) in [6, 6.07) is 13.6. The fraction of sp³-hybridized carbons (Fsp3) is 0.188. The third kappa shape index (κ3) is 3.32. The Balaban J connectivity index is 2.26. The Morgan fingerprint density at radius 3 is 1.86 bits per heavy atom. The minimum Gasteiger partial charge on any atom is -0.792 e. The second kappa shape index (κ2) is 6.76. The predicted molar refractivity (Wildman–Crippen MR) is 80.9 cm³/mol. The molecule has 0 radical (unpaired) electrons. The molecule has 0 aliphatic heterocycles. The second-order valence-corrected chi connectivity index (χ2v) is 4.38. The van der Waals surface area contributed by atoms with E-state index in [0.29, 0.717) is 22.6 Å². The van der Waals surface area contributed by atoms with Crippen molar-refractivity contribution in [3.63, 3.8) is 0 Å². The van der Waals surface area contributed by atoms with Gasteiger partial charge in [0, 0.05) is 0 Å². The summed E-state index contributed by atoms with van der Waals surface area (Å²) in [4.78, 5) is 0. The molecule has 0 spiro atoms. The van der Waals surface area contributed by atoms with Crippen LogP contribution in [0.4, 0.5) is 0 Å². The lowest BCUT2D eigenvalue weighted by molar-refractivity contribution is 0.248. The lowest BCUT2D eigenvalue weighted by atomic mass is 9.99. The molecule has 5 heteroatoms. The molecule has 5 nitrogen and oxygen atoms in total. The topological polar surface area (TPSA) is 74.1 Å². The quantitative estimate of drug-likeness (QED) is 0.677. The minimum absolute atomic E-state index is 0.0582. The molecule has 2 aromatic carbocycles. The molecule has 0 amide bonds. The predicted octanol–water partition coefficient (Wildman–Crippen LogP) is 2.72. The maximum atomic E-state index is 11.1. The molecule has 1 N–H and O–H groups in total. The van der Waals surface area contributed by atoms with E-state index < -0.39 is 6.10 Å². The van der Waals surface area contributed by atoms with E-state index in [-0.39, 0.29) is 5.71 Å². The van der Waals surface area contributed by atoms with Gasteiger partial charge >= 0.3 is 0 Å². The van der Waals surface area contributed by atoms with Crippen LogP contribution >= 0.6 is 0 Å². The Kier molecular flexibility index (Phi) is 4.79. The van der Waals surface area contributed by atoms with E-state index in [1.54, 1.807) is 62.8 Å². The van der Waals surface area contributed by atoms with Crippen LogP contribution in [0.15, 0.2) is 53.7 Å². The average molecular weight is 286 g/mol. The van der Waals surface area contributed by atoms with Crippen molar-refractivity contribution in [1.29, 1.82) is 0 Å². The Morgan fingerprint density at radius 1 is 0.952 bits per heavy atom. The van der Waals surface area contributed by atoms with Gasteiger partial charge in [-0.1, -0.05) is 12.1 Å². The Bertz CT molecular complexity index is 605. The first kappa shape index (κ1) is 14.9. The van der Waals surface area contributed by atoms with Crippen molar-refractivity contribution in [2.75, 3.05) is 14.2 Å². The van der Waals surface area contributed by atoms with Gasteiger partial charge in [-0.25, -0.2) is 0 Å². The number of methoxy groups -OCH3 is 2. The number of nitrogens with zero attached hydrogens (tertiary/aromatic N) is 1. The van der Waals surface area contributed by atoms with Gasteiger partial charge in [-0.15, -0.1) is 0 Å². The van der Waals surface area contributed by atoms with Crippen molar-refractivity contribution in [2.45, 2.75) is 6.10 Å². The van der Waals surface area contributed by atoms with E-state index >= 15 is 0 Å². The molecule has 110 valence electrons. The van der Waals surface area contributed by atoms with Crippen LogP contribution in [0.25, 0.3) is 0 Å². The maximum absolute atomic E-state index is 11.1. The molecule has 1 atom stereocenters. The molecule has 0 fully saturated rings. The first-order chi connectivity index (χ1) is 10.2. The van der Waals surface area contributed by atoms with Crippen molar-refractivity contribution in [3.05, 3.63) is 64.9 Å². The van der Waals surface area contributed by atoms with Crippen molar-refractivity contribution >= 4 is 5.71 Å². The minimum atomic E-state index is -1.10. The SMILES string of the molecule is COc1ccc(/C(=N/[O-])C(O)c2ccc(OC)cc2)cc1. The zero-order chi connectivity index (χ0) is 15.2. The highest BCUT2D eigenvalue weighted by molar-refractivity contribution is 6.04. The Labute approximate surface area is 123 Å². The van der Waals surface area contributed by atoms with Gasteiger partial charge in [0.2, 0.25) is 0 Å². The van der Waals surface area contributed by atoms with Gasteiger partial charge in [0.05, 0.1) is 19.9 Å². The van der Waals surface area contributed by atoms with Crippen LogP contribution < -0.4 is 9.47 Å². The first-order valence-corrected chi connectivity index (χ1v) is 6.36. The van der Waals surface area contributed by atoms with Gasteiger partial charge in [0.25, 0.3) is 0 Å². The standard InChI is InChI=1S/C16H17NO4/c1-20-13-7-3-11(4-8-13)15(17-19)16(18)12-5-9-14(21-2)10-6-12/h3-10,16,18-19H,1-2H3/p-1/b17-15-. The van der Waals surface area contributed by atoms with Gasteiger partial charge in [-0.05, 0) is 47.5 Å². The summed E-state index contributed by atoms with van der Waals surface area (Å²) in [7, 11) is 3.12. The van der Waals surface area contributed by atoms with Crippen LogP contribution in [0, 0.1) is 5.21 Å². The van der Waals surface area contributed by atoms with Crippen LogP contribution in [0.1, 0.15) is 17.2 Å². The molecule has 21 heavy (non-hydrogen) atoms.